The van der Waals surface area contributed by atoms with Crippen molar-refractivity contribution in [3.63, 3.8) is 0 Å². The minimum atomic E-state index is -0.939. The Kier molecular flexibility index (Phi) is 6.81. The zero-order valence-corrected chi connectivity index (χ0v) is 8.75. The molecule has 0 aromatic carbocycles. The van der Waals surface area contributed by atoms with E-state index in [0.717, 1.165) is 6.42 Å². The summed E-state index contributed by atoms with van der Waals surface area (Å²) in [4.78, 5) is 21.3. The summed E-state index contributed by atoms with van der Waals surface area (Å²) in [5.74, 6) is 1.52. The van der Waals surface area contributed by atoms with Crippen molar-refractivity contribution in [3.8, 4) is 12.3 Å². The van der Waals surface area contributed by atoms with E-state index in [1.54, 1.807) is 0 Å². The Morgan fingerprint density at radius 2 is 2.20 bits per heavy atom. The molecule has 15 heavy (non-hydrogen) atoms. The van der Waals surface area contributed by atoms with Crippen LogP contribution in [-0.4, -0.2) is 29.7 Å². The average molecular weight is 212 g/mol. The van der Waals surface area contributed by atoms with Crippen LogP contribution in [0, 0.1) is 12.3 Å². The Hall–Kier alpha value is -1.70. The summed E-state index contributed by atoms with van der Waals surface area (Å²) < 4.78 is 0. The second-order valence-electron chi connectivity index (χ2n) is 3.06. The molecule has 0 spiro atoms. The molecule has 1 unspecified atom stereocenters. The standard InChI is InChI=1S/C10H16N2O3/c1-3-5-8(4-2)12-10(15)11-7-6-9(13)14/h1,8H,4-7H2,2H3,(H,13,14)(H2,11,12,15). The van der Waals surface area contributed by atoms with Crippen LogP contribution < -0.4 is 10.6 Å². The van der Waals surface area contributed by atoms with Crippen LogP contribution in [0.2, 0.25) is 0 Å². The van der Waals surface area contributed by atoms with Gasteiger partial charge in [-0.3, -0.25) is 4.79 Å². The number of rotatable bonds is 6. The second kappa shape index (κ2) is 7.68. The van der Waals surface area contributed by atoms with Gasteiger partial charge in [0.25, 0.3) is 0 Å². The van der Waals surface area contributed by atoms with Crippen molar-refractivity contribution in [2.24, 2.45) is 0 Å². The first-order chi connectivity index (χ1) is 7.10. The van der Waals surface area contributed by atoms with Gasteiger partial charge in [-0.2, -0.15) is 0 Å². The Morgan fingerprint density at radius 3 is 2.67 bits per heavy atom. The smallest absolute Gasteiger partial charge is 0.315 e. The number of carbonyl (C=O) groups excluding carboxylic acids is 1. The van der Waals surface area contributed by atoms with E-state index in [1.807, 2.05) is 6.92 Å². The normalized spacial score (nSPS) is 11.2. The highest BCUT2D eigenvalue weighted by Crippen LogP contribution is 1.95. The molecule has 5 nitrogen and oxygen atoms in total. The molecule has 0 aromatic heterocycles. The first-order valence-electron chi connectivity index (χ1n) is 4.79. The van der Waals surface area contributed by atoms with Crippen molar-refractivity contribution in [2.45, 2.75) is 32.2 Å². The minimum absolute atomic E-state index is 0.0557. The first kappa shape index (κ1) is 13.3. The molecule has 0 heterocycles. The van der Waals surface area contributed by atoms with Crippen molar-refractivity contribution in [1.82, 2.24) is 10.6 Å². The molecular formula is C10H16N2O3. The second-order valence-corrected chi connectivity index (χ2v) is 3.06. The molecule has 0 bridgehead atoms. The van der Waals surface area contributed by atoms with Gasteiger partial charge in [0.1, 0.15) is 0 Å². The van der Waals surface area contributed by atoms with Crippen molar-refractivity contribution >= 4 is 12.0 Å². The molecule has 0 aliphatic rings. The topological polar surface area (TPSA) is 78.4 Å². The summed E-state index contributed by atoms with van der Waals surface area (Å²) in [6.07, 6.45) is 6.26. The summed E-state index contributed by atoms with van der Waals surface area (Å²) in [6.45, 7) is 2.03. The van der Waals surface area contributed by atoms with Gasteiger partial charge in [-0.1, -0.05) is 6.92 Å². The number of nitrogens with one attached hydrogen (secondary N) is 2. The summed E-state index contributed by atoms with van der Waals surface area (Å²) in [6, 6.07) is -0.432. The van der Waals surface area contributed by atoms with E-state index in [1.165, 1.54) is 0 Å². The molecule has 0 rings (SSSR count). The van der Waals surface area contributed by atoms with Gasteiger partial charge in [0.15, 0.2) is 0 Å². The Balaban J connectivity index is 3.72. The van der Waals surface area contributed by atoms with Gasteiger partial charge in [-0.05, 0) is 6.42 Å². The van der Waals surface area contributed by atoms with Crippen LogP contribution in [0.5, 0.6) is 0 Å². The van der Waals surface area contributed by atoms with Crippen molar-refractivity contribution < 1.29 is 14.7 Å². The van der Waals surface area contributed by atoms with Crippen LogP contribution in [0.1, 0.15) is 26.2 Å². The number of carboxylic acid groups (broad SMARTS) is 1. The summed E-state index contributed by atoms with van der Waals surface area (Å²) >= 11 is 0. The predicted molar refractivity (Wildman–Crippen MR) is 56.3 cm³/mol. The molecule has 3 N–H and O–H groups in total. The summed E-state index contributed by atoms with van der Waals surface area (Å²) in [7, 11) is 0. The molecule has 0 fully saturated rings. The summed E-state index contributed by atoms with van der Waals surface area (Å²) in [5, 5.41) is 13.4. The number of terminal acetylenes is 1. The third kappa shape index (κ3) is 7.38. The quantitative estimate of drug-likeness (QED) is 0.563. The number of carboxylic acids is 1. The van der Waals surface area contributed by atoms with Gasteiger partial charge in [-0.15, -0.1) is 12.3 Å². The first-order valence-corrected chi connectivity index (χ1v) is 4.79. The zero-order valence-electron chi connectivity index (χ0n) is 8.75. The lowest BCUT2D eigenvalue weighted by Crippen LogP contribution is -2.42. The largest absolute Gasteiger partial charge is 0.481 e. The maximum Gasteiger partial charge on any atom is 0.315 e. The fourth-order valence-electron chi connectivity index (χ4n) is 0.959. The molecule has 0 saturated carbocycles. The van der Waals surface area contributed by atoms with Gasteiger partial charge >= 0.3 is 12.0 Å². The molecule has 2 amide bonds. The molecule has 0 aromatic rings. The molecule has 1 atom stereocenters. The molecular weight excluding hydrogens is 196 g/mol. The van der Waals surface area contributed by atoms with E-state index < -0.39 is 5.97 Å². The number of carbonyl (C=O) groups is 2. The maximum absolute atomic E-state index is 11.2. The number of urea groups is 1. The zero-order chi connectivity index (χ0) is 11.7. The molecule has 0 saturated heterocycles. The van der Waals surface area contributed by atoms with E-state index in [0.29, 0.717) is 6.42 Å². The van der Waals surface area contributed by atoms with Gasteiger partial charge in [-0.25, -0.2) is 4.79 Å². The molecule has 0 aliphatic carbocycles. The molecule has 0 radical (unpaired) electrons. The van der Waals surface area contributed by atoms with Crippen LogP contribution >= 0.6 is 0 Å². The Labute approximate surface area is 89.2 Å². The van der Waals surface area contributed by atoms with Crippen LogP contribution in [0.4, 0.5) is 4.79 Å². The van der Waals surface area contributed by atoms with Gasteiger partial charge in [0.2, 0.25) is 0 Å². The average Bonchev–Trinajstić information content (AvgIpc) is 2.16. The Morgan fingerprint density at radius 1 is 1.53 bits per heavy atom. The molecule has 84 valence electrons. The maximum atomic E-state index is 11.2. The van der Waals surface area contributed by atoms with E-state index in [-0.39, 0.29) is 25.0 Å². The van der Waals surface area contributed by atoms with Crippen LogP contribution in [-0.2, 0) is 4.79 Å². The van der Waals surface area contributed by atoms with E-state index in [9.17, 15) is 9.59 Å². The third-order valence-corrected chi connectivity index (χ3v) is 1.82. The number of aliphatic carboxylic acids is 1. The van der Waals surface area contributed by atoms with Gasteiger partial charge in [0.05, 0.1) is 6.42 Å². The van der Waals surface area contributed by atoms with Gasteiger partial charge in [0, 0.05) is 19.0 Å². The fourth-order valence-corrected chi connectivity index (χ4v) is 0.959. The van der Waals surface area contributed by atoms with Crippen LogP contribution in [0.25, 0.3) is 0 Å². The van der Waals surface area contributed by atoms with Crippen molar-refractivity contribution in [3.05, 3.63) is 0 Å². The highest BCUT2D eigenvalue weighted by Gasteiger charge is 2.08. The van der Waals surface area contributed by atoms with Crippen molar-refractivity contribution in [2.75, 3.05) is 6.54 Å². The minimum Gasteiger partial charge on any atom is -0.481 e. The SMILES string of the molecule is C#CCC(CC)NC(=O)NCCC(=O)O. The number of hydrogen-bond donors (Lipinski definition) is 3. The van der Waals surface area contributed by atoms with Crippen LogP contribution in [0.15, 0.2) is 0 Å². The third-order valence-electron chi connectivity index (χ3n) is 1.82. The predicted octanol–water partition coefficient (Wildman–Crippen LogP) is 0.562. The highest BCUT2D eigenvalue weighted by atomic mass is 16.4. The monoisotopic (exact) mass is 212 g/mol. The lowest BCUT2D eigenvalue weighted by molar-refractivity contribution is -0.136. The Bertz CT molecular complexity index is 258. The molecule has 0 aliphatic heterocycles. The van der Waals surface area contributed by atoms with Crippen molar-refractivity contribution in [1.29, 1.82) is 0 Å². The lowest BCUT2D eigenvalue weighted by Gasteiger charge is -2.14. The molecule has 5 heteroatoms. The highest BCUT2D eigenvalue weighted by molar-refractivity contribution is 5.75. The van der Waals surface area contributed by atoms with E-state index in [2.05, 4.69) is 16.6 Å². The van der Waals surface area contributed by atoms with Gasteiger partial charge < -0.3 is 15.7 Å². The lowest BCUT2D eigenvalue weighted by atomic mass is 10.2. The van der Waals surface area contributed by atoms with Crippen LogP contribution in [0.3, 0.4) is 0 Å². The number of amides is 2. The number of hydrogen-bond acceptors (Lipinski definition) is 2. The van der Waals surface area contributed by atoms with E-state index in [4.69, 9.17) is 11.5 Å². The summed E-state index contributed by atoms with van der Waals surface area (Å²) in [5.41, 5.74) is 0. The van der Waals surface area contributed by atoms with E-state index >= 15 is 0 Å². The fraction of sp³-hybridized carbons (Fsp3) is 0.600.